The van der Waals surface area contributed by atoms with Gasteiger partial charge in [0.1, 0.15) is 0 Å². The average molecular weight is 279 g/mol. The van der Waals surface area contributed by atoms with Gasteiger partial charge in [-0.2, -0.15) is 0 Å². The highest BCUT2D eigenvalue weighted by atomic mass is 16.6. The molecule has 0 aromatic heterocycles. The van der Waals surface area contributed by atoms with Crippen LogP contribution in [0, 0.1) is 16.0 Å². The molecule has 0 bridgehead atoms. The van der Waals surface area contributed by atoms with E-state index in [1.807, 2.05) is 20.8 Å². The molecular weight excluding hydrogens is 258 g/mol. The predicted molar refractivity (Wildman–Crippen MR) is 76.5 cm³/mol. The highest BCUT2D eigenvalue weighted by Gasteiger charge is 2.16. The minimum Gasteiger partial charge on any atom is -0.465 e. The second kappa shape index (κ2) is 7.62. The van der Waals surface area contributed by atoms with Crippen LogP contribution in [0.3, 0.4) is 0 Å². The fourth-order valence-corrected chi connectivity index (χ4v) is 1.89. The molecule has 1 atom stereocenters. The monoisotopic (exact) mass is 279 g/mol. The maximum atomic E-state index is 11.7. The summed E-state index contributed by atoms with van der Waals surface area (Å²) in [5.74, 6) is 0.137. The SMILES string of the molecule is CCC(CC(=O)OCC(C)C)c1ccc([N+](=O)[O-])cc1. The molecule has 0 spiro atoms. The lowest BCUT2D eigenvalue weighted by molar-refractivity contribution is -0.384. The molecule has 0 heterocycles. The van der Waals surface area contributed by atoms with Crippen LogP contribution in [0.2, 0.25) is 0 Å². The van der Waals surface area contributed by atoms with E-state index in [0.717, 1.165) is 12.0 Å². The van der Waals surface area contributed by atoms with Crippen molar-refractivity contribution in [1.29, 1.82) is 0 Å². The van der Waals surface area contributed by atoms with E-state index >= 15 is 0 Å². The van der Waals surface area contributed by atoms with Crippen molar-refractivity contribution in [3.8, 4) is 0 Å². The number of benzene rings is 1. The Labute approximate surface area is 119 Å². The van der Waals surface area contributed by atoms with Crippen LogP contribution in [0.1, 0.15) is 45.1 Å². The first kappa shape index (κ1) is 16.1. The van der Waals surface area contributed by atoms with E-state index in [0.29, 0.717) is 18.9 Å². The van der Waals surface area contributed by atoms with Crippen molar-refractivity contribution in [2.24, 2.45) is 5.92 Å². The number of hydrogen-bond donors (Lipinski definition) is 0. The molecular formula is C15H21NO4. The molecule has 0 radical (unpaired) electrons. The molecule has 1 aromatic rings. The molecule has 0 fully saturated rings. The zero-order valence-electron chi connectivity index (χ0n) is 12.2. The van der Waals surface area contributed by atoms with E-state index in [4.69, 9.17) is 4.74 Å². The Morgan fingerprint density at radius 1 is 1.30 bits per heavy atom. The summed E-state index contributed by atoms with van der Waals surface area (Å²) in [5.41, 5.74) is 0.991. The number of nitro benzene ring substituents is 1. The van der Waals surface area contributed by atoms with Gasteiger partial charge < -0.3 is 4.74 Å². The van der Waals surface area contributed by atoms with Gasteiger partial charge in [0.25, 0.3) is 5.69 Å². The molecule has 0 N–H and O–H groups in total. The van der Waals surface area contributed by atoms with Crippen molar-refractivity contribution >= 4 is 11.7 Å². The van der Waals surface area contributed by atoms with Gasteiger partial charge in [-0.25, -0.2) is 0 Å². The first-order chi connectivity index (χ1) is 9.43. The largest absolute Gasteiger partial charge is 0.465 e. The first-order valence-electron chi connectivity index (χ1n) is 6.84. The summed E-state index contributed by atoms with van der Waals surface area (Å²) in [6.45, 7) is 6.39. The van der Waals surface area contributed by atoms with Crippen molar-refractivity contribution in [2.45, 2.75) is 39.5 Å². The van der Waals surface area contributed by atoms with Crippen LogP contribution >= 0.6 is 0 Å². The molecule has 1 rings (SSSR count). The van der Waals surface area contributed by atoms with E-state index in [2.05, 4.69) is 0 Å². The highest BCUT2D eigenvalue weighted by Crippen LogP contribution is 2.25. The van der Waals surface area contributed by atoms with E-state index in [9.17, 15) is 14.9 Å². The van der Waals surface area contributed by atoms with Crippen molar-refractivity contribution in [1.82, 2.24) is 0 Å². The van der Waals surface area contributed by atoms with Crippen LogP contribution in [0.15, 0.2) is 24.3 Å². The zero-order chi connectivity index (χ0) is 15.1. The maximum absolute atomic E-state index is 11.7. The zero-order valence-corrected chi connectivity index (χ0v) is 12.2. The van der Waals surface area contributed by atoms with E-state index in [-0.39, 0.29) is 17.6 Å². The fraction of sp³-hybridized carbons (Fsp3) is 0.533. The standard InChI is InChI=1S/C15H21NO4/c1-4-12(9-15(17)20-10-11(2)3)13-5-7-14(8-6-13)16(18)19/h5-8,11-12H,4,9-10H2,1-3H3. The number of carbonyl (C=O) groups excluding carboxylic acids is 1. The van der Waals surface area contributed by atoms with Gasteiger partial charge in [-0.05, 0) is 23.8 Å². The van der Waals surface area contributed by atoms with E-state index in [1.165, 1.54) is 12.1 Å². The number of carbonyl (C=O) groups is 1. The van der Waals surface area contributed by atoms with Crippen LogP contribution in [0.4, 0.5) is 5.69 Å². The Kier molecular flexibility index (Phi) is 6.15. The quantitative estimate of drug-likeness (QED) is 0.433. The van der Waals surface area contributed by atoms with Crippen LogP contribution in [-0.4, -0.2) is 17.5 Å². The normalized spacial score (nSPS) is 12.2. The molecule has 0 amide bonds. The summed E-state index contributed by atoms with van der Waals surface area (Å²) in [4.78, 5) is 21.9. The number of hydrogen-bond acceptors (Lipinski definition) is 4. The van der Waals surface area contributed by atoms with Gasteiger partial charge in [-0.15, -0.1) is 0 Å². The molecule has 0 saturated heterocycles. The van der Waals surface area contributed by atoms with Crippen LogP contribution in [0.5, 0.6) is 0 Å². The summed E-state index contributed by atoms with van der Waals surface area (Å²) < 4.78 is 5.17. The second-order valence-corrected chi connectivity index (χ2v) is 5.23. The summed E-state index contributed by atoms with van der Waals surface area (Å²) in [7, 11) is 0. The van der Waals surface area contributed by atoms with Gasteiger partial charge >= 0.3 is 5.97 Å². The Morgan fingerprint density at radius 3 is 2.35 bits per heavy atom. The van der Waals surface area contributed by atoms with Gasteiger partial charge in [-0.1, -0.05) is 32.9 Å². The number of ether oxygens (including phenoxy) is 1. The third kappa shape index (κ3) is 4.99. The van der Waals surface area contributed by atoms with Crippen molar-refractivity contribution in [2.75, 3.05) is 6.61 Å². The Hall–Kier alpha value is -1.91. The summed E-state index contributed by atoms with van der Waals surface area (Å²) >= 11 is 0. The van der Waals surface area contributed by atoms with E-state index in [1.54, 1.807) is 12.1 Å². The van der Waals surface area contributed by atoms with Gasteiger partial charge in [0.15, 0.2) is 0 Å². The van der Waals surface area contributed by atoms with Crippen LogP contribution in [-0.2, 0) is 9.53 Å². The molecule has 0 aliphatic carbocycles. The Bertz CT molecular complexity index is 453. The number of nitro groups is 1. The third-order valence-corrected chi connectivity index (χ3v) is 3.06. The molecule has 1 aromatic carbocycles. The summed E-state index contributed by atoms with van der Waals surface area (Å²) in [6.07, 6.45) is 1.09. The minimum atomic E-state index is -0.429. The number of esters is 1. The molecule has 1 unspecified atom stereocenters. The lowest BCUT2D eigenvalue weighted by atomic mass is 9.93. The first-order valence-corrected chi connectivity index (χ1v) is 6.84. The molecule has 5 nitrogen and oxygen atoms in total. The lowest BCUT2D eigenvalue weighted by Crippen LogP contribution is -2.13. The third-order valence-electron chi connectivity index (χ3n) is 3.06. The molecule has 20 heavy (non-hydrogen) atoms. The molecule has 5 heteroatoms. The number of rotatable bonds is 7. The molecule has 110 valence electrons. The van der Waals surface area contributed by atoms with Crippen LogP contribution < -0.4 is 0 Å². The number of nitrogens with zero attached hydrogens (tertiary/aromatic N) is 1. The second-order valence-electron chi connectivity index (χ2n) is 5.23. The Morgan fingerprint density at radius 2 is 1.90 bits per heavy atom. The van der Waals surface area contributed by atoms with Gasteiger partial charge in [0.2, 0.25) is 0 Å². The lowest BCUT2D eigenvalue weighted by Gasteiger charge is -2.15. The van der Waals surface area contributed by atoms with Gasteiger partial charge in [-0.3, -0.25) is 14.9 Å². The highest BCUT2D eigenvalue weighted by molar-refractivity contribution is 5.70. The maximum Gasteiger partial charge on any atom is 0.306 e. The Balaban J connectivity index is 2.65. The van der Waals surface area contributed by atoms with Crippen molar-refractivity contribution < 1.29 is 14.5 Å². The minimum absolute atomic E-state index is 0.0375. The summed E-state index contributed by atoms with van der Waals surface area (Å²) in [5, 5.41) is 10.6. The topological polar surface area (TPSA) is 69.4 Å². The molecule has 0 saturated carbocycles. The number of non-ortho nitro benzene ring substituents is 1. The smallest absolute Gasteiger partial charge is 0.306 e. The van der Waals surface area contributed by atoms with Crippen molar-refractivity contribution in [3.63, 3.8) is 0 Å². The molecule has 0 aliphatic heterocycles. The van der Waals surface area contributed by atoms with Gasteiger partial charge in [0, 0.05) is 12.1 Å². The summed E-state index contributed by atoms with van der Waals surface area (Å²) in [6, 6.07) is 6.36. The fourth-order valence-electron chi connectivity index (χ4n) is 1.89. The van der Waals surface area contributed by atoms with Gasteiger partial charge in [0.05, 0.1) is 18.0 Å². The van der Waals surface area contributed by atoms with Crippen LogP contribution in [0.25, 0.3) is 0 Å². The molecule has 0 aliphatic rings. The average Bonchev–Trinajstić information content (AvgIpc) is 2.42. The van der Waals surface area contributed by atoms with E-state index < -0.39 is 4.92 Å². The van der Waals surface area contributed by atoms with Crippen molar-refractivity contribution in [3.05, 3.63) is 39.9 Å². The predicted octanol–water partition coefficient (Wildman–Crippen LogP) is 3.68.